The van der Waals surface area contributed by atoms with E-state index in [1.165, 1.54) is 7.11 Å². The maximum Gasteiger partial charge on any atom is 0.250 e. The van der Waals surface area contributed by atoms with E-state index in [2.05, 4.69) is 47.9 Å². The van der Waals surface area contributed by atoms with Crippen molar-refractivity contribution in [3.05, 3.63) is 69.1 Å². The van der Waals surface area contributed by atoms with Gasteiger partial charge in [-0.05, 0) is 64.5 Å². The van der Waals surface area contributed by atoms with E-state index in [4.69, 9.17) is 21.7 Å². The van der Waals surface area contributed by atoms with Crippen LogP contribution in [-0.2, 0) is 9.53 Å². The highest BCUT2D eigenvalue weighted by Crippen LogP contribution is 2.45. The van der Waals surface area contributed by atoms with Gasteiger partial charge in [-0.25, -0.2) is 0 Å². The van der Waals surface area contributed by atoms with Crippen LogP contribution >= 0.6 is 39.5 Å². The molecule has 10 heteroatoms. The Hall–Kier alpha value is -2.53. The van der Waals surface area contributed by atoms with E-state index < -0.39 is 0 Å². The van der Waals surface area contributed by atoms with Gasteiger partial charge in [0.05, 0.1) is 30.6 Å². The van der Waals surface area contributed by atoms with Crippen molar-refractivity contribution in [2.24, 2.45) is 0 Å². The molecule has 1 amide bonds. The molecule has 4 rings (SSSR count). The summed E-state index contributed by atoms with van der Waals surface area (Å²) in [5.74, 6) is 0.281. The number of carbonyl (C=O) groups excluding carboxylic acids is 1. The number of methoxy groups -OCH3 is 2. The zero-order chi connectivity index (χ0) is 22.7. The van der Waals surface area contributed by atoms with Crippen LogP contribution < -0.4 is 20.3 Å². The van der Waals surface area contributed by atoms with Gasteiger partial charge in [-0.1, -0.05) is 6.07 Å². The van der Waals surface area contributed by atoms with Gasteiger partial charge in [0.1, 0.15) is 12.4 Å². The second-order valence-electron chi connectivity index (χ2n) is 7.03. The highest BCUT2D eigenvalue weighted by molar-refractivity contribution is 9.10. The molecule has 0 spiro atoms. The number of rotatable bonds is 7. The molecule has 0 unspecified atom stereocenters. The topological polar surface area (TPSA) is 75.7 Å². The third-order valence-electron chi connectivity index (χ3n) is 4.99. The number of hydrogen-bond donors (Lipinski definition) is 2. The molecule has 7 nitrogen and oxygen atoms in total. The van der Waals surface area contributed by atoms with E-state index in [9.17, 15) is 4.79 Å². The van der Waals surface area contributed by atoms with Crippen molar-refractivity contribution in [3.8, 4) is 5.75 Å². The van der Waals surface area contributed by atoms with Gasteiger partial charge in [0.25, 0.3) is 0 Å². The lowest BCUT2D eigenvalue weighted by atomic mass is 10.0. The predicted octanol–water partition coefficient (Wildman–Crippen LogP) is 4.68. The van der Waals surface area contributed by atoms with E-state index in [0.29, 0.717) is 16.5 Å². The number of thiophene rings is 1. The fraction of sp³-hybridized carbons (Fsp3) is 0.227. The molecule has 3 aromatic rings. The molecule has 0 saturated carbocycles. The quantitative estimate of drug-likeness (QED) is 0.428. The highest BCUT2D eigenvalue weighted by atomic mass is 79.9. The largest absolute Gasteiger partial charge is 0.495 e. The summed E-state index contributed by atoms with van der Waals surface area (Å²) < 4.78 is 11.4. The van der Waals surface area contributed by atoms with E-state index in [1.807, 2.05) is 36.4 Å². The molecule has 32 heavy (non-hydrogen) atoms. The normalized spacial score (nSPS) is 17.8. The first-order chi connectivity index (χ1) is 15.5. The number of carbonyl (C=O) groups is 1. The summed E-state index contributed by atoms with van der Waals surface area (Å²) in [6.07, 6.45) is 1.78. The Morgan fingerprint density at radius 2 is 2.16 bits per heavy atom. The molecule has 2 atom stereocenters. The number of halogens is 1. The van der Waals surface area contributed by atoms with Gasteiger partial charge in [0.2, 0.25) is 5.91 Å². The Labute approximate surface area is 203 Å². The zero-order valence-electron chi connectivity index (χ0n) is 17.4. The molecule has 2 N–H and O–H groups in total. The van der Waals surface area contributed by atoms with Crippen molar-refractivity contribution in [1.82, 2.24) is 10.3 Å². The van der Waals surface area contributed by atoms with E-state index in [0.717, 1.165) is 20.7 Å². The van der Waals surface area contributed by atoms with Gasteiger partial charge in [-0.2, -0.15) is 0 Å². The average Bonchev–Trinajstić information content (AvgIpc) is 3.37. The molecule has 0 radical (unpaired) electrons. The van der Waals surface area contributed by atoms with Crippen molar-refractivity contribution < 1.29 is 14.3 Å². The highest BCUT2D eigenvalue weighted by Gasteiger charge is 2.41. The third-order valence-corrected chi connectivity index (χ3v) is 7.07. The number of amides is 1. The Bertz CT molecular complexity index is 1130. The van der Waals surface area contributed by atoms with Gasteiger partial charge in [0, 0.05) is 33.7 Å². The van der Waals surface area contributed by atoms with Crippen molar-refractivity contribution in [2.45, 2.75) is 12.1 Å². The fourth-order valence-electron chi connectivity index (χ4n) is 3.67. The average molecular weight is 533 g/mol. The number of thiocarbonyl (C=S) groups is 1. The van der Waals surface area contributed by atoms with Crippen LogP contribution in [0, 0.1) is 0 Å². The molecular formula is C22H21BrN4O3S2. The fourth-order valence-corrected chi connectivity index (χ4v) is 5.58. The van der Waals surface area contributed by atoms with E-state index >= 15 is 0 Å². The molecule has 1 fully saturated rings. The number of benzene rings is 1. The van der Waals surface area contributed by atoms with E-state index in [-0.39, 0.29) is 24.6 Å². The molecule has 166 valence electrons. The molecule has 0 aliphatic carbocycles. The molecule has 1 aliphatic rings. The lowest BCUT2D eigenvalue weighted by Gasteiger charge is -2.27. The minimum Gasteiger partial charge on any atom is -0.495 e. The maximum atomic E-state index is 12.1. The smallest absolute Gasteiger partial charge is 0.250 e. The minimum atomic E-state index is -0.268. The van der Waals surface area contributed by atoms with Gasteiger partial charge in [0.15, 0.2) is 5.11 Å². The Kier molecular flexibility index (Phi) is 7.04. The second-order valence-corrected chi connectivity index (χ2v) is 9.27. The van der Waals surface area contributed by atoms with Gasteiger partial charge in [-0.3, -0.25) is 9.78 Å². The number of nitrogens with one attached hydrogen (secondary N) is 2. The van der Waals surface area contributed by atoms with Crippen molar-refractivity contribution in [2.75, 3.05) is 31.0 Å². The molecule has 1 aliphatic heterocycles. The van der Waals surface area contributed by atoms with Crippen LogP contribution in [0.25, 0.3) is 0 Å². The Morgan fingerprint density at radius 3 is 2.81 bits per heavy atom. The molecule has 2 aromatic heterocycles. The summed E-state index contributed by atoms with van der Waals surface area (Å²) in [6.45, 7) is -0.0509. The Morgan fingerprint density at radius 1 is 1.31 bits per heavy atom. The zero-order valence-corrected chi connectivity index (χ0v) is 20.6. The summed E-state index contributed by atoms with van der Waals surface area (Å²) in [7, 11) is 3.04. The molecule has 1 saturated heterocycles. The van der Waals surface area contributed by atoms with Crippen LogP contribution in [-0.4, -0.2) is 36.8 Å². The van der Waals surface area contributed by atoms with Crippen molar-refractivity contribution in [3.63, 3.8) is 0 Å². The summed E-state index contributed by atoms with van der Waals surface area (Å²) in [4.78, 5) is 19.9. The summed E-state index contributed by atoms with van der Waals surface area (Å²) in [5.41, 5.74) is 2.26. The summed E-state index contributed by atoms with van der Waals surface area (Å²) in [6, 6.07) is 13.3. The van der Waals surface area contributed by atoms with Crippen LogP contribution in [0.2, 0.25) is 0 Å². The Balaban J connectivity index is 1.77. The first kappa shape index (κ1) is 22.7. The predicted molar refractivity (Wildman–Crippen MR) is 133 cm³/mol. The van der Waals surface area contributed by atoms with Gasteiger partial charge < -0.3 is 25.0 Å². The van der Waals surface area contributed by atoms with Crippen LogP contribution in [0.1, 0.15) is 22.7 Å². The van der Waals surface area contributed by atoms with Crippen LogP contribution in [0.4, 0.5) is 11.4 Å². The molecular weight excluding hydrogens is 512 g/mol. The number of hydrogen-bond acceptors (Lipinski definition) is 6. The standard InChI is InChI=1S/C22H21BrN4O3S2/c1-29-11-19(28)25-16-10-14(6-7-17(16)30-2)27-21(18-9-13(23)12-32-18)20(26-22(27)31)15-5-3-4-8-24-15/h3-10,12,20-21H,11H2,1-2H3,(H,25,28)(H,26,31)/t20-,21+/m1/s1. The number of ether oxygens (including phenoxy) is 2. The summed E-state index contributed by atoms with van der Waals surface area (Å²) >= 11 is 11.0. The number of pyridine rings is 1. The first-order valence-corrected chi connectivity index (χ1v) is 11.8. The van der Waals surface area contributed by atoms with Crippen molar-refractivity contribution >= 4 is 61.9 Å². The van der Waals surface area contributed by atoms with Crippen molar-refractivity contribution in [1.29, 1.82) is 0 Å². The second kappa shape index (κ2) is 9.95. The van der Waals surface area contributed by atoms with Crippen LogP contribution in [0.5, 0.6) is 5.75 Å². The van der Waals surface area contributed by atoms with Gasteiger partial charge >= 0.3 is 0 Å². The molecule has 3 heterocycles. The lowest BCUT2D eigenvalue weighted by molar-refractivity contribution is -0.119. The maximum absolute atomic E-state index is 12.1. The number of nitrogens with zero attached hydrogens (tertiary/aromatic N) is 2. The van der Waals surface area contributed by atoms with Gasteiger partial charge in [-0.15, -0.1) is 11.3 Å². The molecule has 0 bridgehead atoms. The number of anilines is 2. The number of aromatic nitrogens is 1. The van der Waals surface area contributed by atoms with Crippen LogP contribution in [0.15, 0.2) is 58.5 Å². The SMILES string of the molecule is COCC(=O)Nc1cc(N2C(=S)N[C@H](c3ccccn3)[C@@H]2c2cc(Br)cs2)ccc1OC. The molecule has 1 aromatic carbocycles. The minimum absolute atomic E-state index is 0.0509. The van der Waals surface area contributed by atoms with Crippen LogP contribution in [0.3, 0.4) is 0 Å². The lowest BCUT2D eigenvalue weighted by Crippen LogP contribution is -2.29. The van der Waals surface area contributed by atoms with E-state index in [1.54, 1.807) is 24.6 Å². The monoisotopic (exact) mass is 532 g/mol. The third kappa shape index (κ3) is 4.63. The summed E-state index contributed by atoms with van der Waals surface area (Å²) in [5, 5.41) is 8.91. The first-order valence-electron chi connectivity index (χ1n) is 9.73.